The summed E-state index contributed by atoms with van der Waals surface area (Å²) in [7, 11) is -3.55. The molecular formula is C17H13ClN2O2S2. The maximum atomic E-state index is 12.8. The van der Waals surface area contributed by atoms with Crippen LogP contribution in [0, 0.1) is 0 Å². The number of aromatic nitrogens is 1. The molecular weight excluding hydrogens is 364 g/mol. The van der Waals surface area contributed by atoms with Crippen molar-refractivity contribution >= 4 is 38.6 Å². The number of hydrogen-bond acceptors (Lipinski definition) is 4. The summed E-state index contributed by atoms with van der Waals surface area (Å²) in [5.41, 5.74) is 3.92. The zero-order valence-electron chi connectivity index (χ0n) is 12.5. The Kier molecular flexibility index (Phi) is 3.83. The largest absolute Gasteiger partial charge is 0.273 e. The molecule has 0 saturated heterocycles. The molecule has 3 aromatic rings. The Morgan fingerprint density at radius 2 is 1.83 bits per heavy atom. The molecule has 122 valence electrons. The van der Waals surface area contributed by atoms with Gasteiger partial charge in [0.2, 0.25) is 0 Å². The number of nitrogens with zero attached hydrogens (tertiary/aromatic N) is 2. The third-order valence-electron chi connectivity index (χ3n) is 4.04. The van der Waals surface area contributed by atoms with Crippen LogP contribution < -0.4 is 4.31 Å². The Morgan fingerprint density at radius 3 is 2.54 bits per heavy atom. The first kappa shape index (κ1) is 15.6. The standard InChI is InChI=1S/C17H13ClN2O2S2/c18-16-3-4-17(23-16)24(21,22)20-10-7-14-11-13(1-2-15(14)20)12-5-8-19-9-6-12/h1-6,8-9,11H,7,10H2. The summed E-state index contributed by atoms with van der Waals surface area (Å²) in [5.74, 6) is 0. The van der Waals surface area contributed by atoms with Gasteiger partial charge in [0.25, 0.3) is 10.0 Å². The minimum atomic E-state index is -3.55. The van der Waals surface area contributed by atoms with Crippen LogP contribution >= 0.6 is 22.9 Å². The quantitative estimate of drug-likeness (QED) is 0.687. The van der Waals surface area contributed by atoms with Gasteiger partial charge in [-0.1, -0.05) is 17.7 Å². The molecule has 3 heterocycles. The van der Waals surface area contributed by atoms with Crippen molar-refractivity contribution in [3.05, 3.63) is 64.8 Å². The summed E-state index contributed by atoms with van der Waals surface area (Å²) in [6, 6.07) is 12.9. The molecule has 0 N–H and O–H groups in total. The van der Waals surface area contributed by atoms with Crippen LogP contribution in [-0.2, 0) is 16.4 Å². The smallest absolute Gasteiger partial charge is 0.265 e. The van der Waals surface area contributed by atoms with Crippen molar-refractivity contribution in [2.24, 2.45) is 0 Å². The van der Waals surface area contributed by atoms with E-state index in [-0.39, 0.29) is 4.21 Å². The zero-order valence-corrected chi connectivity index (χ0v) is 14.9. The van der Waals surface area contributed by atoms with Crippen molar-refractivity contribution in [3.63, 3.8) is 0 Å². The van der Waals surface area contributed by atoms with Gasteiger partial charge < -0.3 is 0 Å². The van der Waals surface area contributed by atoms with Crippen molar-refractivity contribution < 1.29 is 8.42 Å². The van der Waals surface area contributed by atoms with Gasteiger partial charge in [-0.15, -0.1) is 11.3 Å². The lowest BCUT2D eigenvalue weighted by Crippen LogP contribution is -2.28. The van der Waals surface area contributed by atoms with E-state index in [1.54, 1.807) is 24.5 Å². The summed E-state index contributed by atoms with van der Waals surface area (Å²) in [6.07, 6.45) is 4.20. The second-order valence-electron chi connectivity index (χ2n) is 5.47. The van der Waals surface area contributed by atoms with E-state index in [0.29, 0.717) is 17.3 Å². The molecule has 24 heavy (non-hydrogen) atoms. The second kappa shape index (κ2) is 5.88. The molecule has 0 radical (unpaired) electrons. The van der Waals surface area contributed by atoms with Crippen LogP contribution in [0.4, 0.5) is 5.69 Å². The first-order chi connectivity index (χ1) is 11.6. The minimum Gasteiger partial charge on any atom is -0.265 e. The van der Waals surface area contributed by atoms with Crippen LogP contribution in [0.3, 0.4) is 0 Å². The van der Waals surface area contributed by atoms with Gasteiger partial charge in [0, 0.05) is 18.9 Å². The number of thiophene rings is 1. The number of halogens is 1. The zero-order chi connectivity index (χ0) is 16.7. The third kappa shape index (κ3) is 2.60. The third-order valence-corrected chi connectivity index (χ3v) is 7.55. The van der Waals surface area contributed by atoms with Gasteiger partial charge in [-0.25, -0.2) is 8.42 Å². The lowest BCUT2D eigenvalue weighted by Gasteiger charge is -2.18. The molecule has 2 aromatic heterocycles. The molecule has 4 rings (SSSR count). The minimum absolute atomic E-state index is 0.276. The van der Waals surface area contributed by atoms with E-state index in [4.69, 9.17) is 11.6 Å². The fourth-order valence-corrected chi connectivity index (χ4v) is 5.99. The molecule has 0 fully saturated rings. The van der Waals surface area contributed by atoms with Crippen LogP contribution in [-0.4, -0.2) is 19.9 Å². The van der Waals surface area contributed by atoms with Gasteiger partial charge in [0.05, 0.1) is 10.0 Å². The van der Waals surface area contributed by atoms with E-state index in [1.807, 2.05) is 24.3 Å². The fourth-order valence-electron chi connectivity index (χ4n) is 2.89. The van der Waals surface area contributed by atoms with E-state index < -0.39 is 10.0 Å². The molecule has 0 spiro atoms. The Morgan fingerprint density at radius 1 is 1.04 bits per heavy atom. The maximum Gasteiger partial charge on any atom is 0.273 e. The summed E-state index contributed by atoms with van der Waals surface area (Å²) in [5, 5.41) is 0. The predicted molar refractivity (Wildman–Crippen MR) is 97.2 cm³/mol. The maximum absolute atomic E-state index is 12.8. The summed E-state index contributed by atoms with van der Waals surface area (Å²) < 4.78 is 27.9. The Labute approximate surface area is 149 Å². The van der Waals surface area contributed by atoms with Gasteiger partial charge in [0.15, 0.2) is 0 Å². The number of hydrogen-bond donors (Lipinski definition) is 0. The van der Waals surface area contributed by atoms with Crippen LogP contribution in [0.1, 0.15) is 5.56 Å². The molecule has 0 atom stereocenters. The first-order valence-corrected chi connectivity index (χ1v) is 10.0. The molecule has 7 heteroatoms. The number of rotatable bonds is 3. The fraction of sp³-hybridized carbons (Fsp3) is 0.118. The van der Waals surface area contributed by atoms with E-state index in [2.05, 4.69) is 11.1 Å². The lowest BCUT2D eigenvalue weighted by atomic mass is 10.0. The van der Waals surface area contributed by atoms with E-state index in [9.17, 15) is 8.42 Å². The number of sulfonamides is 1. The molecule has 0 aliphatic carbocycles. The molecule has 0 unspecified atom stereocenters. The molecule has 1 aromatic carbocycles. The van der Waals surface area contributed by atoms with Crippen LogP contribution in [0.2, 0.25) is 4.34 Å². The molecule has 4 nitrogen and oxygen atoms in total. The van der Waals surface area contributed by atoms with Crippen molar-refractivity contribution in [2.75, 3.05) is 10.8 Å². The molecule has 1 aliphatic heterocycles. The summed E-state index contributed by atoms with van der Waals surface area (Å²) >= 11 is 6.98. The highest BCUT2D eigenvalue weighted by atomic mass is 35.5. The summed E-state index contributed by atoms with van der Waals surface area (Å²) in [6.45, 7) is 0.451. The van der Waals surface area contributed by atoms with E-state index in [0.717, 1.165) is 33.7 Å². The van der Waals surface area contributed by atoms with Crippen molar-refractivity contribution in [1.29, 1.82) is 0 Å². The van der Waals surface area contributed by atoms with Crippen LogP contribution in [0.5, 0.6) is 0 Å². The highest BCUT2D eigenvalue weighted by Gasteiger charge is 2.32. The Hall–Kier alpha value is -1.89. The molecule has 1 aliphatic rings. The number of pyridine rings is 1. The number of benzene rings is 1. The van der Waals surface area contributed by atoms with Gasteiger partial charge in [-0.05, 0) is 59.5 Å². The second-order valence-corrected chi connectivity index (χ2v) is 9.27. The normalized spacial score (nSPS) is 14.0. The SMILES string of the molecule is O=S(=O)(c1ccc(Cl)s1)N1CCc2cc(-c3ccncc3)ccc21. The monoisotopic (exact) mass is 376 g/mol. The van der Waals surface area contributed by atoms with Gasteiger partial charge in [-0.3, -0.25) is 9.29 Å². The van der Waals surface area contributed by atoms with Gasteiger partial charge >= 0.3 is 0 Å². The number of anilines is 1. The van der Waals surface area contributed by atoms with E-state index >= 15 is 0 Å². The average Bonchev–Trinajstić information content (AvgIpc) is 3.22. The Bertz CT molecular complexity index is 1000. The molecule has 0 saturated carbocycles. The molecule has 0 amide bonds. The van der Waals surface area contributed by atoms with Crippen molar-refractivity contribution in [1.82, 2.24) is 4.98 Å². The first-order valence-electron chi connectivity index (χ1n) is 7.37. The highest BCUT2D eigenvalue weighted by Crippen LogP contribution is 2.37. The predicted octanol–water partition coefficient (Wildman–Crippen LogP) is 4.21. The topological polar surface area (TPSA) is 50.3 Å². The highest BCUT2D eigenvalue weighted by molar-refractivity contribution is 7.94. The Balaban J connectivity index is 1.73. The van der Waals surface area contributed by atoms with Crippen LogP contribution in [0.15, 0.2) is 59.1 Å². The average molecular weight is 377 g/mol. The lowest BCUT2D eigenvalue weighted by molar-refractivity contribution is 0.594. The number of fused-ring (bicyclic) bond motifs is 1. The van der Waals surface area contributed by atoms with Gasteiger partial charge in [0.1, 0.15) is 4.21 Å². The van der Waals surface area contributed by atoms with E-state index in [1.165, 1.54) is 4.31 Å². The molecule has 0 bridgehead atoms. The van der Waals surface area contributed by atoms with Gasteiger partial charge in [-0.2, -0.15) is 0 Å². The van der Waals surface area contributed by atoms with Crippen molar-refractivity contribution in [2.45, 2.75) is 10.6 Å². The van der Waals surface area contributed by atoms with Crippen molar-refractivity contribution in [3.8, 4) is 11.1 Å². The van der Waals surface area contributed by atoms with Crippen LogP contribution in [0.25, 0.3) is 11.1 Å². The summed E-state index contributed by atoms with van der Waals surface area (Å²) in [4.78, 5) is 4.03.